The molecule has 0 amide bonds. The molecule has 0 radical (unpaired) electrons. The van der Waals surface area contributed by atoms with Gasteiger partial charge < -0.3 is 10.6 Å². The maximum absolute atomic E-state index is 5.78. The quantitative estimate of drug-likeness (QED) is 0.694. The molecule has 1 aliphatic rings. The van der Waals surface area contributed by atoms with Crippen molar-refractivity contribution in [2.75, 3.05) is 19.6 Å². The number of hydrogen-bond donors (Lipinski definition) is 1. The summed E-state index contributed by atoms with van der Waals surface area (Å²) in [6.45, 7) is 10.1. The van der Waals surface area contributed by atoms with E-state index in [4.69, 9.17) is 5.73 Å². The Morgan fingerprint density at radius 3 is 2.67 bits per heavy atom. The summed E-state index contributed by atoms with van der Waals surface area (Å²) in [6, 6.07) is 0.715. The first-order valence-electron chi connectivity index (χ1n) is 5.06. The maximum atomic E-state index is 5.78. The molecule has 2 nitrogen and oxygen atoms in total. The van der Waals surface area contributed by atoms with Gasteiger partial charge in [-0.05, 0) is 37.9 Å². The van der Waals surface area contributed by atoms with E-state index in [1.54, 1.807) is 0 Å². The number of nitrogens with zero attached hydrogens (tertiary/aromatic N) is 1. The molecule has 2 N–H and O–H groups in total. The van der Waals surface area contributed by atoms with Crippen molar-refractivity contribution in [3.63, 3.8) is 0 Å². The van der Waals surface area contributed by atoms with E-state index in [2.05, 4.69) is 25.7 Å². The standard InChI is InChI=1S/C10H22N2/c1-4-12-7-5-6-9(12)10(2,3)8-11/h9H,4-8,11H2,1-3H3. The molecule has 1 rings (SSSR count). The number of nitrogens with two attached hydrogens (primary N) is 1. The average Bonchev–Trinajstić information content (AvgIpc) is 2.52. The van der Waals surface area contributed by atoms with Crippen molar-refractivity contribution in [1.29, 1.82) is 0 Å². The molecule has 1 fully saturated rings. The number of hydrogen-bond acceptors (Lipinski definition) is 2. The fraction of sp³-hybridized carbons (Fsp3) is 1.00. The predicted octanol–water partition coefficient (Wildman–Crippen LogP) is 1.46. The van der Waals surface area contributed by atoms with Crippen LogP contribution >= 0.6 is 0 Å². The van der Waals surface area contributed by atoms with Gasteiger partial charge in [0, 0.05) is 6.04 Å². The summed E-state index contributed by atoms with van der Waals surface area (Å²) in [5.74, 6) is 0. The van der Waals surface area contributed by atoms with Gasteiger partial charge in [-0.15, -0.1) is 0 Å². The van der Waals surface area contributed by atoms with Crippen LogP contribution in [0.1, 0.15) is 33.6 Å². The van der Waals surface area contributed by atoms with Gasteiger partial charge in [-0.2, -0.15) is 0 Å². The summed E-state index contributed by atoms with van der Waals surface area (Å²) in [4.78, 5) is 2.56. The first kappa shape index (κ1) is 10.0. The van der Waals surface area contributed by atoms with E-state index in [0.717, 1.165) is 6.54 Å². The minimum absolute atomic E-state index is 0.298. The van der Waals surface area contributed by atoms with E-state index in [1.807, 2.05) is 0 Å². The lowest BCUT2D eigenvalue weighted by molar-refractivity contribution is 0.138. The molecule has 0 spiro atoms. The van der Waals surface area contributed by atoms with Gasteiger partial charge in [-0.25, -0.2) is 0 Å². The van der Waals surface area contributed by atoms with Crippen molar-refractivity contribution in [1.82, 2.24) is 4.90 Å². The highest BCUT2D eigenvalue weighted by Gasteiger charge is 2.35. The lowest BCUT2D eigenvalue weighted by Crippen LogP contribution is -2.44. The van der Waals surface area contributed by atoms with Crippen LogP contribution in [0.2, 0.25) is 0 Å². The lowest BCUT2D eigenvalue weighted by Gasteiger charge is -2.36. The molecule has 12 heavy (non-hydrogen) atoms. The van der Waals surface area contributed by atoms with Crippen LogP contribution in [0, 0.1) is 5.41 Å². The van der Waals surface area contributed by atoms with Crippen LogP contribution in [0.3, 0.4) is 0 Å². The molecule has 1 aliphatic heterocycles. The summed E-state index contributed by atoms with van der Waals surface area (Å²) in [7, 11) is 0. The topological polar surface area (TPSA) is 29.3 Å². The highest BCUT2D eigenvalue weighted by atomic mass is 15.2. The zero-order valence-corrected chi connectivity index (χ0v) is 8.64. The van der Waals surface area contributed by atoms with Crippen LogP contribution in [0.4, 0.5) is 0 Å². The molecule has 0 aromatic rings. The summed E-state index contributed by atoms with van der Waals surface area (Å²) in [6.07, 6.45) is 2.68. The van der Waals surface area contributed by atoms with E-state index in [-0.39, 0.29) is 0 Å². The molecule has 2 heteroatoms. The highest BCUT2D eigenvalue weighted by Crippen LogP contribution is 2.31. The van der Waals surface area contributed by atoms with Gasteiger partial charge in [0.25, 0.3) is 0 Å². The molecule has 72 valence electrons. The van der Waals surface area contributed by atoms with Crippen LogP contribution in [0.15, 0.2) is 0 Å². The summed E-state index contributed by atoms with van der Waals surface area (Å²) in [5.41, 5.74) is 6.07. The van der Waals surface area contributed by atoms with Crippen LogP contribution in [0.5, 0.6) is 0 Å². The third kappa shape index (κ3) is 1.80. The second-order valence-electron chi connectivity index (χ2n) is 4.48. The Morgan fingerprint density at radius 2 is 2.17 bits per heavy atom. The molecule has 0 bridgehead atoms. The van der Waals surface area contributed by atoms with Gasteiger partial charge in [0.1, 0.15) is 0 Å². The largest absolute Gasteiger partial charge is 0.330 e. The van der Waals surface area contributed by atoms with Crippen LogP contribution < -0.4 is 5.73 Å². The Morgan fingerprint density at radius 1 is 1.50 bits per heavy atom. The minimum Gasteiger partial charge on any atom is -0.330 e. The van der Waals surface area contributed by atoms with Crippen LogP contribution in [-0.2, 0) is 0 Å². The Kier molecular flexibility index (Phi) is 3.13. The van der Waals surface area contributed by atoms with Crippen molar-refractivity contribution in [2.24, 2.45) is 11.1 Å². The minimum atomic E-state index is 0.298. The van der Waals surface area contributed by atoms with Crippen molar-refractivity contribution < 1.29 is 0 Å². The Hall–Kier alpha value is -0.0800. The fourth-order valence-electron chi connectivity index (χ4n) is 2.23. The van der Waals surface area contributed by atoms with E-state index < -0.39 is 0 Å². The molecule has 1 unspecified atom stereocenters. The predicted molar refractivity (Wildman–Crippen MR) is 53.1 cm³/mol. The van der Waals surface area contributed by atoms with Crippen molar-refractivity contribution in [3.8, 4) is 0 Å². The molecule has 0 aliphatic carbocycles. The van der Waals surface area contributed by atoms with Gasteiger partial charge in [0.2, 0.25) is 0 Å². The monoisotopic (exact) mass is 170 g/mol. The highest BCUT2D eigenvalue weighted by molar-refractivity contribution is 4.90. The molecule has 1 atom stereocenters. The van der Waals surface area contributed by atoms with Crippen molar-refractivity contribution in [2.45, 2.75) is 39.7 Å². The number of rotatable bonds is 3. The van der Waals surface area contributed by atoms with E-state index in [9.17, 15) is 0 Å². The van der Waals surface area contributed by atoms with Gasteiger partial charge >= 0.3 is 0 Å². The molecule has 1 heterocycles. The zero-order chi connectivity index (χ0) is 9.19. The molecule has 0 aromatic carbocycles. The van der Waals surface area contributed by atoms with Crippen molar-refractivity contribution in [3.05, 3.63) is 0 Å². The normalized spacial score (nSPS) is 26.5. The van der Waals surface area contributed by atoms with Gasteiger partial charge in [0.15, 0.2) is 0 Å². The third-order valence-electron chi connectivity index (χ3n) is 3.20. The first-order chi connectivity index (χ1) is 5.61. The summed E-state index contributed by atoms with van der Waals surface area (Å²) in [5, 5.41) is 0. The molecule has 0 saturated carbocycles. The SMILES string of the molecule is CCN1CCCC1C(C)(C)CN. The maximum Gasteiger partial charge on any atom is 0.0159 e. The van der Waals surface area contributed by atoms with Crippen LogP contribution in [-0.4, -0.2) is 30.6 Å². The second-order valence-corrected chi connectivity index (χ2v) is 4.48. The third-order valence-corrected chi connectivity index (χ3v) is 3.20. The summed E-state index contributed by atoms with van der Waals surface area (Å²) < 4.78 is 0. The van der Waals surface area contributed by atoms with E-state index in [1.165, 1.54) is 25.9 Å². The summed E-state index contributed by atoms with van der Waals surface area (Å²) >= 11 is 0. The molecule has 0 aromatic heterocycles. The first-order valence-corrected chi connectivity index (χ1v) is 5.06. The Labute approximate surface area is 76.1 Å². The molecular weight excluding hydrogens is 148 g/mol. The van der Waals surface area contributed by atoms with Gasteiger partial charge in [-0.3, -0.25) is 0 Å². The smallest absolute Gasteiger partial charge is 0.0159 e. The fourth-order valence-corrected chi connectivity index (χ4v) is 2.23. The van der Waals surface area contributed by atoms with E-state index >= 15 is 0 Å². The lowest BCUT2D eigenvalue weighted by atomic mass is 9.83. The van der Waals surface area contributed by atoms with Crippen molar-refractivity contribution >= 4 is 0 Å². The zero-order valence-electron chi connectivity index (χ0n) is 8.64. The van der Waals surface area contributed by atoms with E-state index in [0.29, 0.717) is 11.5 Å². The molecular formula is C10H22N2. The Balaban J connectivity index is 2.60. The second kappa shape index (κ2) is 3.75. The average molecular weight is 170 g/mol. The molecule has 1 saturated heterocycles. The van der Waals surface area contributed by atoms with Gasteiger partial charge in [-0.1, -0.05) is 20.8 Å². The number of likely N-dealkylation sites (tertiary alicyclic amines) is 1. The van der Waals surface area contributed by atoms with Gasteiger partial charge in [0.05, 0.1) is 0 Å². The Bertz CT molecular complexity index is 143. The van der Waals surface area contributed by atoms with Crippen LogP contribution in [0.25, 0.3) is 0 Å².